The van der Waals surface area contributed by atoms with Gasteiger partial charge in [-0.3, -0.25) is 0 Å². The second kappa shape index (κ2) is 10.4. The van der Waals surface area contributed by atoms with Crippen molar-refractivity contribution < 1.29 is 45.2 Å². The number of halogens is 6. The first-order valence-corrected chi connectivity index (χ1v) is 11.3. The zero-order valence-electron chi connectivity index (χ0n) is 20.6. The standard InChI is InChI=1S/C25H26BF6NO4/c1-22(2)23(3,4)37-26(36-22)20(14-33-21(34)35-15-16-8-6-5-7-9-16)12-17-10-18(24(27,28)29)13-19(11-17)25(30,31)32/h5-13H,14-15H2,1-4H3,(H,33,34). The molecule has 0 atom stereocenters. The van der Waals surface area contributed by atoms with E-state index in [9.17, 15) is 31.1 Å². The molecule has 0 aromatic heterocycles. The van der Waals surface area contributed by atoms with Gasteiger partial charge in [0.25, 0.3) is 0 Å². The minimum Gasteiger partial charge on any atom is -0.445 e. The van der Waals surface area contributed by atoms with Crippen molar-refractivity contribution in [2.75, 3.05) is 6.54 Å². The van der Waals surface area contributed by atoms with Crippen LogP contribution in [0, 0.1) is 0 Å². The third-order valence-electron chi connectivity index (χ3n) is 6.17. The van der Waals surface area contributed by atoms with Gasteiger partial charge in [0.1, 0.15) is 6.61 Å². The van der Waals surface area contributed by atoms with E-state index in [1.165, 1.54) is 0 Å². The number of benzene rings is 2. The molecule has 1 amide bonds. The molecule has 2 aromatic carbocycles. The molecule has 2 aromatic rings. The fraction of sp³-hybridized carbons (Fsp3) is 0.400. The van der Waals surface area contributed by atoms with Gasteiger partial charge in [-0.15, -0.1) is 0 Å². The maximum Gasteiger partial charge on any atom is 0.492 e. The Hall–Kier alpha value is -2.99. The summed E-state index contributed by atoms with van der Waals surface area (Å²) in [5.74, 6) is 0. The second-order valence-corrected chi connectivity index (χ2v) is 9.56. The van der Waals surface area contributed by atoms with Crippen LogP contribution >= 0.6 is 0 Å². The van der Waals surface area contributed by atoms with Crippen LogP contribution < -0.4 is 5.32 Å². The van der Waals surface area contributed by atoms with E-state index >= 15 is 0 Å². The van der Waals surface area contributed by atoms with E-state index in [1.54, 1.807) is 58.0 Å². The maximum atomic E-state index is 13.3. The number of ether oxygens (including phenoxy) is 1. The summed E-state index contributed by atoms with van der Waals surface area (Å²) in [6.07, 6.45) is -9.77. The van der Waals surface area contributed by atoms with Crippen LogP contribution in [0.4, 0.5) is 31.1 Å². The number of carbonyl (C=O) groups excluding carboxylic acids is 1. The van der Waals surface area contributed by atoms with Crippen LogP contribution in [0.25, 0.3) is 6.08 Å². The first-order valence-electron chi connectivity index (χ1n) is 11.3. The topological polar surface area (TPSA) is 56.8 Å². The molecule has 0 spiro atoms. The second-order valence-electron chi connectivity index (χ2n) is 9.56. The van der Waals surface area contributed by atoms with E-state index in [0.717, 1.165) is 11.6 Å². The van der Waals surface area contributed by atoms with Crippen molar-refractivity contribution in [2.45, 2.75) is 57.9 Å². The molecular weight excluding hydrogens is 503 g/mol. The van der Waals surface area contributed by atoms with E-state index in [2.05, 4.69) is 5.32 Å². The predicted molar refractivity (Wildman–Crippen MR) is 125 cm³/mol. The molecule has 37 heavy (non-hydrogen) atoms. The number of rotatable bonds is 6. The van der Waals surface area contributed by atoms with Crippen molar-refractivity contribution in [3.8, 4) is 0 Å². The first kappa shape index (κ1) is 28.6. The van der Waals surface area contributed by atoms with Gasteiger partial charge in [0.15, 0.2) is 0 Å². The molecule has 1 aliphatic heterocycles. The molecule has 1 aliphatic rings. The predicted octanol–water partition coefficient (Wildman–Crippen LogP) is 6.67. The van der Waals surface area contributed by atoms with Crippen LogP contribution in [0.1, 0.15) is 49.9 Å². The molecule has 3 rings (SSSR count). The summed E-state index contributed by atoms with van der Waals surface area (Å²) in [5, 5.41) is 2.46. The summed E-state index contributed by atoms with van der Waals surface area (Å²) >= 11 is 0. The number of alkyl carbamates (subject to hydrolysis) is 1. The van der Waals surface area contributed by atoms with Crippen LogP contribution in [0.3, 0.4) is 0 Å². The van der Waals surface area contributed by atoms with Crippen LogP contribution in [0.15, 0.2) is 54.0 Å². The molecule has 12 heteroatoms. The minimum absolute atomic E-state index is 0.0369. The highest BCUT2D eigenvalue weighted by Crippen LogP contribution is 2.40. The molecule has 0 aliphatic carbocycles. The number of amides is 1. The highest BCUT2D eigenvalue weighted by Gasteiger charge is 2.52. The van der Waals surface area contributed by atoms with Gasteiger partial charge in [0, 0.05) is 6.54 Å². The summed E-state index contributed by atoms with van der Waals surface area (Å²) in [5.41, 5.74) is -4.18. The SMILES string of the molecule is CC1(C)OB(C(=Cc2cc(C(F)(F)F)cc(C(F)(F)F)c2)CNC(=O)OCc2ccccc2)OC1(C)C. The molecule has 1 fully saturated rings. The van der Waals surface area contributed by atoms with Crippen molar-refractivity contribution in [1.29, 1.82) is 0 Å². The molecular formula is C25H26BF6NO4. The van der Waals surface area contributed by atoms with Gasteiger partial charge in [-0.05, 0) is 62.5 Å². The average molecular weight is 529 g/mol. The van der Waals surface area contributed by atoms with Gasteiger partial charge < -0.3 is 19.4 Å². The molecule has 0 unspecified atom stereocenters. The van der Waals surface area contributed by atoms with Gasteiger partial charge >= 0.3 is 25.6 Å². The lowest BCUT2D eigenvalue weighted by atomic mass is 9.76. The van der Waals surface area contributed by atoms with Crippen molar-refractivity contribution in [1.82, 2.24) is 5.32 Å². The Morgan fingerprint density at radius 1 is 0.919 bits per heavy atom. The Morgan fingerprint density at radius 2 is 1.43 bits per heavy atom. The highest BCUT2D eigenvalue weighted by molar-refractivity contribution is 6.56. The van der Waals surface area contributed by atoms with E-state index in [0.29, 0.717) is 12.1 Å². The molecule has 1 saturated heterocycles. The van der Waals surface area contributed by atoms with Gasteiger partial charge in [-0.1, -0.05) is 36.4 Å². The number of carbonyl (C=O) groups is 1. The van der Waals surface area contributed by atoms with Crippen molar-refractivity contribution in [3.63, 3.8) is 0 Å². The van der Waals surface area contributed by atoms with Crippen LogP contribution in [0.5, 0.6) is 0 Å². The zero-order valence-corrected chi connectivity index (χ0v) is 20.6. The van der Waals surface area contributed by atoms with Crippen LogP contribution in [-0.4, -0.2) is 31.0 Å². The van der Waals surface area contributed by atoms with Gasteiger partial charge in [-0.25, -0.2) is 4.79 Å². The van der Waals surface area contributed by atoms with Crippen LogP contribution in [0.2, 0.25) is 0 Å². The lowest BCUT2D eigenvalue weighted by Gasteiger charge is -2.32. The third-order valence-corrected chi connectivity index (χ3v) is 6.17. The Bertz CT molecular complexity index is 1100. The number of hydrogen-bond acceptors (Lipinski definition) is 4. The fourth-order valence-electron chi connectivity index (χ4n) is 3.42. The largest absolute Gasteiger partial charge is 0.492 e. The molecule has 5 nitrogen and oxygen atoms in total. The van der Waals surface area contributed by atoms with Gasteiger partial charge in [0.05, 0.1) is 22.3 Å². The molecule has 1 heterocycles. The van der Waals surface area contributed by atoms with Crippen molar-refractivity contribution >= 4 is 19.3 Å². The Balaban J connectivity index is 1.91. The Morgan fingerprint density at radius 3 is 1.92 bits per heavy atom. The van der Waals surface area contributed by atoms with E-state index in [4.69, 9.17) is 14.0 Å². The van der Waals surface area contributed by atoms with Gasteiger partial charge in [-0.2, -0.15) is 26.3 Å². The average Bonchev–Trinajstić information content (AvgIpc) is 3.01. The maximum absolute atomic E-state index is 13.3. The smallest absolute Gasteiger partial charge is 0.445 e. The summed E-state index contributed by atoms with van der Waals surface area (Å²) in [6, 6.07) is 10.0. The quantitative estimate of drug-likeness (QED) is 0.336. The summed E-state index contributed by atoms with van der Waals surface area (Å²) < 4.78 is 97.1. The van der Waals surface area contributed by atoms with E-state index in [-0.39, 0.29) is 30.3 Å². The Kier molecular flexibility index (Phi) is 8.04. The number of alkyl halides is 6. The van der Waals surface area contributed by atoms with E-state index < -0.39 is 47.9 Å². The number of nitrogens with one attached hydrogen (secondary N) is 1. The van der Waals surface area contributed by atoms with Crippen molar-refractivity contribution in [3.05, 3.63) is 76.3 Å². The highest BCUT2D eigenvalue weighted by atomic mass is 19.4. The Labute approximate surface area is 210 Å². The first-order chi connectivity index (χ1) is 17.0. The minimum atomic E-state index is -5.01. The summed E-state index contributed by atoms with van der Waals surface area (Å²) in [6.45, 7) is 6.58. The zero-order chi connectivity index (χ0) is 27.6. The lowest BCUT2D eigenvalue weighted by Crippen LogP contribution is -2.41. The molecule has 0 radical (unpaired) electrons. The van der Waals surface area contributed by atoms with E-state index in [1.807, 2.05) is 0 Å². The molecule has 200 valence electrons. The summed E-state index contributed by atoms with van der Waals surface area (Å²) in [7, 11) is -1.15. The molecule has 0 bridgehead atoms. The molecule has 0 saturated carbocycles. The normalized spacial score (nSPS) is 17.6. The van der Waals surface area contributed by atoms with Crippen molar-refractivity contribution in [2.24, 2.45) is 0 Å². The monoisotopic (exact) mass is 529 g/mol. The third kappa shape index (κ3) is 7.29. The number of hydrogen-bond donors (Lipinski definition) is 1. The van der Waals surface area contributed by atoms with Gasteiger partial charge in [0.2, 0.25) is 0 Å². The molecule has 1 N–H and O–H groups in total. The van der Waals surface area contributed by atoms with Crippen LogP contribution in [-0.2, 0) is 33.0 Å². The lowest BCUT2D eigenvalue weighted by molar-refractivity contribution is -0.143. The summed E-state index contributed by atoms with van der Waals surface area (Å²) in [4.78, 5) is 12.3. The fourth-order valence-corrected chi connectivity index (χ4v) is 3.42.